The average Bonchev–Trinajstić information content (AvgIpc) is 3.18. The Morgan fingerprint density at radius 3 is 1.03 bits per heavy atom. The summed E-state index contributed by atoms with van der Waals surface area (Å²) in [4.78, 5) is 0. The molecule has 0 atom stereocenters. The Bertz CT molecular complexity index is 531. The number of hydrogen-bond acceptors (Lipinski definition) is 0. The fourth-order valence-corrected chi connectivity index (χ4v) is 2.67. The average molecular weight is 508 g/mol. The van der Waals surface area contributed by atoms with Crippen LogP contribution in [0.4, 0.5) is 0 Å². The first-order chi connectivity index (χ1) is 11.8. The summed E-state index contributed by atoms with van der Waals surface area (Å²) in [6.07, 6.45) is 13.6. The van der Waals surface area contributed by atoms with Gasteiger partial charge in [-0.15, -0.1) is 37.7 Å². The van der Waals surface area contributed by atoms with Crippen LogP contribution in [0.3, 0.4) is 0 Å². The first-order valence-electron chi connectivity index (χ1n) is 9.81. The van der Waals surface area contributed by atoms with Crippen LogP contribution in [0, 0.1) is 49.7 Å². The molecule has 0 amide bonds. The first kappa shape index (κ1) is 40.8. The van der Waals surface area contributed by atoms with E-state index in [4.69, 9.17) is 0 Å². The zero-order valence-electron chi connectivity index (χ0n) is 21.7. The Kier molecular flexibility index (Phi) is 24.4. The maximum absolute atomic E-state index is 3.45. The Labute approximate surface area is 216 Å². The molecule has 0 aliphatic heterocycles. The van der Waals surface area contributed by atoms with Crippen LogP contribution < -0.4 is 0 Å². The molecular formula is C26H48Cl2SiTi-4. The van der Waals surface area contributed by atoms with E-state index < -0.39 is 0 Å². The molecule has 178 valence electrons. The fraction of sp³-hybridized carbons (Fsp3) is 0.615. The van der Waals surface area contributed by atoms with Crippen molar-refractivity contribution in [2.75, 3.05) is 0 Å². The predicted molar refractivity (Wildman–Crippen MR) is 143 cm³/mol. The van der Waals surface area contributed by atoms with E-state index in [-0.39, 0.29) is 50.5 Å². The second-order valence-electron chi connectivity index (χ2n) is 9.78. The third-order valence-electron chi connectivity index (χ3n) is 4.72. The van der Waals surface area contributed by atoms with Crippen molar-refractivity contribution in [2.45, 2.75) is 82.1 Å². The molecule has 0 radical (unpaired) electrons. The molecular weight excluding hydrogens is 459 g/mol. The van der Waals surface area contributed by atoms with Crippen molar-refractivity contribution in [3.05, 3.63) is 61.4 Å². The van der Waals surface area contributed by atoms with E-state index in [1.807, 2.05) is 26.8 Å². The van der Waals surface area contributed by atoms with Crippen molar-refractivity contribution in [1.29, 1.82) is 0 Å². The zero-order chi connectivity index (χ0) is 20.7. The van der Waals surface area contributed by atoms with Gasteiger partial charge in [-0.2, -0.15) is 11.1 Å². The third-order valence-corrected chi connectivity index (χ3v) is 4.72. The normalized spacial score (nSPS) is 14.6. The van der Waals surface area contributed by atoms with Crippen molar-refractivity contribution >= 4 is 32.4 Å². The van der Waals surface area contributed by atoms with Gasteiger partial charge in [0, 0.05) is 0 Å². The Balaban J connectivity index is -0.000000114. The van der Waals surface area contributed by atoms with E-state index in [9.17, 15) is 0 Å². The van der Waals surface area contributed by atoms with Gasteiger partial charge in [0.25, 0.3) is 0 Å². The van der Waals surface area contributed by atoms with Gasteiger partial charge in [0.2, 0.25) is 0 Å². The van der Waals surface area contributed by atoms with Crippen LogP contribution in [-0.4, -0.2) is 7.63 Å². The van der Waals surface area contributed by atoms with Crippen LogP contribution in [0.5, 0.6) is 0 Å². The maximum atomic E-state index is 3.45. The predicted octanol–water partition coefficient (Wildman–Crippen LogP) is 8.32. The number of rotatable bonds is 2. The third kappa shape index (κ3) is 14.5. The summed E-state index contributed by atoms with van der Waals surface area (Å²) in [5.74, 6) is 1.36. The summed E-state index contributed by atoms with van der Waals surface area (Å²) in [7, 11) is 1.86. The Hall–Kier alpha value is 0.471. The molecule has 0 saturated heterocycles. The van der Waals surface area contributed by atoms with Crippen LogP contribution in [0.15, 0.2) is 34.4 Å². The monoisotopic (exact) mass is 506 g/mol. The molecule has 0 spiro atoms. The van der Waals surface area contributed by atoms with Gasteiger partial charge in [-0.3, -0.25) is 12.2 Å². The summed E-state index contributed by atoms with van der Waals surface area (Å²) < 4.78 is 0. The molecule has 2 rings (SSSR count). The molecule has 2 aliphatic carbocycles. The van der Waals surface area contributed by atoms with Gasteiger partial charge < -0.3 is 14.9 Å². The Morgan fingerprint density at radius 1 is 0.700 bits per heavy atom. The quantitative estimate of drug-likeness (QED) is 0.260. The van der Waals surface area contributed by atoms with Crippen LogP contribution in [0.2, 0.25) is 0 Å². The zero-order valence-corrected chi connectivity index (χ0v) is 26.4. The van der Waals surface area contributed by atoms with Gasteiger partial charge in [0.15, 0.2) is 0 Å². The van der Waals surface area contributed by atoms with Gasteiger partial charge in [-0.1, -0.05) is 69.2 Å². The molecule has 0 fully saturated rings. The molecule has 0 heterocycles. The van der Waals surface area contributed by atoms with E-state index in [0.29, 0.717) is 11.8 Å². The van der Waals surface area contributed by atoms with Crippen molar-refractivity contribution in [3.63, 3.8) is 0 Å². The molecule has 0 aromatic rings. The van der Waals surface area contributed by atoms with E-state index >= 15 is 0 Å². The van der Waals surface area contributed by atoms with Crippen LogP contribution >= 0.6 is 24.8 Å². The van der Waals surface area contributed by atoms with Crippen LogP contribution in [0.1, 0.15) is 82.1 Å². The molecule has 0 aromatic heterocycles. The van der Waals surface area contributed by atoms with Gasteiger partial charge >= 0.3 is 26.8 Å². The van der Waals surface area contributed by atoms with Crippen LogP contribution in [-0.2, 0) is 19.2 Å². The van der Waals surface area contributed by atoms with Gasteiger partial charge in [0.1, 0.15) is 0 Å². The summed E-state index contributed by atoms with van der Waals surface area (Å²) in [6, 6.07) is 0. The first-order valence-corrected chi connectivity index (χ1v) is 13.8. The topological polar surface area (TPSA) is 0 Å². The molecule has 0 unspecified atom stereocenters. The van der Waals surface area contributed by atoms with Crippen molar-refractivity contribution in [3.8, 4) is 0 Å². The fourth-order valence-electron chi connectivity index (χ4n) is 2.67. The van der Waals surface area contributed by atoms with E-state index in [0.717, 1.165) is 12.8 Å². The second kappa shape index (κ2) is 18.0. The van der Waals surface area contributed by atoms with Gasteiger partial charge in [-0.05, 0) is 22.7 Å². The number of halogens is 2. The molecule has 0 aromatic carbocycles. The van der Waals surface area contributed by atoms with E-state index in [2.05, 4.69) is 93.5 Å². The molecule has 4 heteroatoms. The standard InChI is InChI=1S/2C12H19.2CH3.2ClH.H2Si.Ti/c2*1-9(2)10-6-7-11(8-10)12(3,4)5;;;;;;/h2*8-9H,6H2,1-5H3;2*1H3;2*1H;1H2;/q4*-1;;;;. The molecule has 0 bridgehead atoms. The summed E-state index contributed by atoms with van der Waals surface area (Å²) in [6.45, 7) is 22.5. The molecule has 2 aliphatic rings. The summed E-state index contributed by atoms with van der Waals surface area (Å²) >= 11 is 2.03. The summed E-state index contributed by atoms with van der Waals surface area (Å²) in [5.41, 5.74) is 6.37. The van der Waals surface area contributed by atoms with E-state index in [1.165, 1.54) is 22.3 Å². The van der Waals surface area contributed by atoms with Crippen molar-refractivity contribution < 1.29 is 19.2 Å². The minimum absolute atomic E-state index is 0. The second-order valence-corrected chi connectivity index (χ2v) is 9.78. The molecule has 0 saturated carbocycles. The SMILES string of the molecule is CC(C)C1=CC(C(C)(C)C)=[C-]C1.CC(C)C1=CC(C(C)(C)C)=[C-]C1.Cl.Cl.[CH3-].[CH3-].[SiH2]=[Ti]. The molecule has 0 N–H and O–H groups in total. The van der Waals surface area contributed by atoms with Crippen molar-refractivity contribution in [2.24, 2.45) is 22.7 Å². The number of allylic oxidation sites excluding steroid dienone is 8. The van der Waals surface area contributed by atoms with Gasteiger partial charge in [-0.25, -0.2) is 23.3 Å². The van der Waals surface area contributed by atoms with Crippen molar-refractivity contribution in [1.82, 2.24) is 0 Å². The van der Waals surface area contributed by atoms with Gasteiger partial charge in [0.05, 0.1) is 0 Å². The molecule has 0 nitrogen and oxygen atoms in total. The molecule has 30 heavy (non-hydrogen) atoms. The Morgan fingerprint density at radius 2 is 0.933 bits per heavy atom. The van der Waals surface area contributed by atoms with E-state index in [1.54, 1.807) is 0 Å². The summed E-state index contributed by atoms with van der Waals surface area (Å²) in [5, 5.41) is 0. The number of hydrogen-bond donors (Lipinski definition) is 0. The van der Waals surface area contributed by atoms with Crippen LogP contribution in [0.25, 0.3) is 0 Å². The minimum atomic E-state index is 0.